The van der Waals surface area contributed by atoms with Crippen LogP contribution in [0.5, 0.6) is 5.75 Å². The Morgan fingerprint density at radius 1 is 1.46 bits per heavy atom. The number of unbranched alkanes of at least 4 members (excludes halogenated alkanes) is 1. The van der Waals surface area contributed by atoms with E-state index in [-0.39, 0.29) is 0 Å². The first-order chi connectivity index (χ1) is 6.25. The fourth-order valence-electron chi connectivity index (χ4n) is 1.16. The average Bonchev–Trinajstić information content (AvgIpc) is 2.10. The lowest BCUT2D eigenvalue weighted by Crippen LogP contribution is -1.88. The van der Waals surface area contributed by atoms with E-state index in [1.54, 1.807) is 12.1 Å². The molecule has 2 nitrogen and oxygen atoms in total. The predicted molar refractivity (Wildman–Crippen MR) is 54.8 cm³/mol. The second-order valence-electron chi connectivity index (χ2n) is 2.80. The second-order valence-corrected chi connectivity index (χ2v) is 3.65. The van der Waals surface area contributed by atoms with Gasteiger partial charge in [-0.15, -0.1) is 0 Å². The van der Waals surface area contributed by atoms with E-state index in [0.29, 0.717) is 12.2 Å². The molecule has 1 aromatic carbocycles. The molecular weight excluding hydrogens is 232 g/mol. The van der Waals surface area contributed by atoms with E-state index >= 15 is 0 Å². The number of rotatable bonds is 4. The molecule has 0 aromatic heterocycles. The molecule has 0 saturated carbocycles. The summed E-state index contributed by atoms with van der Waals surface area (Å²) in [5.74, 6) is 0.292. The molecule has 70 valence electrons. The number of hydrogen-bond donors (Lipinski definition) is 1. The topological polar surface area (TPSA) is 37.3 Å². The average molecular weight is 243 g/mol. The van der Waals surface area contributed by atoms with Crippen LogP contribution in [0, 0.1) is 0 Å². The van der Waals surface area contributed by atoms with Gasteiger partial charge in [-0.2, -0.15) is 0 Å². The molecule has 0 radical (unpaired) electrons. The largest absolute Gasteiger partial charge is 0.508 e. The third-order valence-corrected chi connectivity index (χ3v) is 2.59. The van der Waals surface area contributed by atoms with Crippen molar-refractivity contribution in [3.05, 3.63) is 28.2 Å². The third kappa shape index (κ3) is 2.84. The van der Waals surface area contributed by atoms with Gasteiger partial charge in [0.2, 0.25) is 0 Å². The number of phenols is 1. The van der Waals surface area contributed by atoms with Crippen molar-refractivity contribution in [2.75, 3.05) is 0 Å². The van der Waals surface area contributed by atoms with Crippen molar-refractivity contribution in [1.29, 1.82) is 0 Å². The van der Waals surface area contributed by atoms with Crippen LogP contribution < -0.4 is 0 Å². The highest BCUT2D eigenvalue weighted by molar-refractivity contribution is 9.10. The van der Waals surface area contributed by atoms with Gasteiger partial charge in [0.05, 0.1) is 0 Å². The Balaban J connectivity index is 2.69. The van der Waals surface area contributed by atoms with Gasteiger partial charge in [-0.05, 0) is 25.0 Å². The molecule has 0 heterocycles. The Bertz CT molecular complexity index is 277. The Morgan fingerprint density at radius 2 is 2.23 bits per heavy atom. The third-order valence-electron chi connectivity index (χ3n) is 1.84. The summed E-state index contributed by atoms with van der Waals surface area (Å²) >= 11 is 3.35. The van der Waals surface area contributed by atoms with Crippen LogP contribution in [0.2, 0.25) is 0 Å². The van der Waals surface area contributed by atoms with Crippen LogP contribution in [-0.4, -0.2) is 11.4 Å². The van der Waals surface area contributed by atoms with E-state index in [0.717, 1.165) is 29.2 Å². The van der Waals surface area contributed by atoms with E-state index in [2.05, 4.69) is 15.9 Å². The molecule has 0 aliphatic carbocycles. The lowest BCUT2D eigenvalue weighted by molar-refractivity contribution is -0.107. The summed E-state index contributed by atoms with van der Waals surface area (Å²) in [4.78, 5) is 10.1. The van der Waals surface area contributed by atoms with Crippen molar-refractivity contribution in [3.63, 3.8) is 0 Å². The quantitative estimate of drug-likeness (QED) is 0.652. The molecule has 0 fully saturated rings. The first kappa shape index (κ1) is 10.3. The number of benzene rings is 1. The zero-order valence-corrected chi connectivity index (χ0v) is 8.75. The molecule has 0 unspecified atom stereocenters. The van der Waals surface area contributed by atoms with Gasteiger partial charge in [0.15, 0.2) is 0 Å². The van der Waals surface area contributed by atoms with Gasteiger partial charge in [0.1, 0.15) is 12.0 Å². The highest BCUT2D eigenvalue weighted by Gasteiger charge is 2.04. The summed E-state index contributed by atoms with van der Waals surface area (Å²) in [5.41, 5.74) is 0.879. The van der Waals surface area contributed by atoms with Crippen LogP contribution in [-0.2, 0) is 11.2 Å². The number of phenolic OH excluding ortho intramolecular Hbond substituents is 1. The molecule has 1 N–H and O–H groups in total. The van der Waals surface area contributed by atoms with E-state index in [1.165, 1.54) is 0 Å². The van der Waals surface area contributed by atoms with Crippen molar-refractivity contribution in [2.45, 2.75) is 19.3 Å². The highest BCUT2D eigenvalue weighted by Crippen LogP contribution is 2.26. The summed E-state index contributed by atoms with van der Waals surface area (Å²) < 4.78 is 0.901. The fourth-order valence-corrected chi connectivity index (χ4v) is 1.71. The van der Waals surface area contributed by atoms with Crippen molar-refractivity contribution >= 4 is 22.2 Å². The highest BCUT2D eigenvalue weighted by atomic mass is 79.9. The first-order valence-corrected chi connectivity index (χ1v) is 4.95. The molecule has 0 amide bonds. The molecule has 0 atom stereocenters. The summed E-state index contributed by atoms with van der Waals surface area (Å²) in [6.45, 7) is 0. The molecule has 0 bridgehead atoms. The van der Waals surface area contributed by atoms with Gasteiger partial charge < -0.3 is 9.90 Å². The molecule has 0 spiro atoms. The van der Waals surface area contributed by atoms with Crippen LogP contribution >= 0.6 is 15.9 Å². The zero-order chi connectivity index (χ0) is 9.68. The Hall–Kier alpha value is -0.830. The van der Waals surface area contributed by atoms with E-state index in [4.69, 9.17) is 0 Å². The number of carbonyl (C=O) groups is 1. The summed E-state index contributed by atoms with van der Waals surface area (Å²) in [5, 5.41) is 9.47. The SMILES string of the molecule is O=CCCCc1c(O)cccc1Br. The number of aldehydes is 1. The number of aromatic hydroxyl groups is 1. The molecular formula is C10H11BrO2. The van der Waals surface area contributed by atoms with Crippen LogP contribution in [0.1, 0.15) is 18.4 Å². The number of halogens is 1. The van der Waals surface area contributed by atoms with Crippen LogP contribution in [0.3, 0.4) is 0 Å². The lowest BCUT2D eigenvalue weighted by Gasteiger charge is -2.05. The minimum Gasteiger partial charge on any atom is -0.508 e. The smallest absolute Gasteiger partial charge is 0.120 e. The summed E-state index contributed by atoms with van der Waals surface area (Å²) in [6, 6.07) is 5.32. The lowest BCUT2D eigenvalue weighted by atomic mass is 10.1. The maximum atomic E-state index is 10.1. The molecule has 3 heteroatoms. The maximum Gasteiger partial charge on any atom is 0.120 e. The van der Waals surface area contributed by atoms with Gasteiger partial charge in [-0.25, -0.2) is 0 Å². The van der Waals surface area contributed by atoms with Crippen LogP contribution in [0.15, 0.2) is 22.7 Å². The van der Waals surface area contributed by atoms with Crippen LogP contribution in [0.25, 0.3) is 0 Å². The van der Waals surface area contributed by atoms with Crippen molar-refractivity contribution in [2.24, 2.45) is 0 Å². The van der Waals surface area contributed by atoms with Gasteiger partial charge in [0.25, 0.3) is 0 Å². The van der Waals surface area contributed by atoms with Crippen molar-refractivity contribution in [3.8, 4) is 5.75 Å². The Morgan fingerprint density at radius 3 is 2.85 bits per heavy atom. The zero-order valence-electron chi connectivity index (χ0n) is 7.16. The van der Waals surface area contributed by atoms with Gasteiger partial charge in [-0.3, -0.25) is 0 Å². The van der Waals surface area contributed by atoms with E-state index in [9.17, 15) is 9.90 Å². The fraction of sp³-hybridized carbons (Fsp3) is 0.300. The van der Waals surface area contributed by atoms with Crippen LogP contribution in [0.4, 0.5) is 0 Å². The van der Waals surface area contributed by atoms with Crippen molar-refractivity contribution in [1.82, 2.24) is 0 Å². The normalized spacial score (nSPS) is 9.92. The van der Waals surface area contributed by atoms with Crippen molar-refractivity contribution < 1.29 is 9.90 Å². The van der Waals surface area contributed by atoms with Gasteiger partial charge in [-0.1, -0.05) is 22.0 Å². The van der Waals surface area contributed by atoms with E-state index < -0.39 is 0 Å². The van der Waals surface area contributed by atoms with Gasteiger partial charge >= 0.3 is 0 Å². The maximum absolute atomic E-state index is 10.1. The van der Waals surface area contributed by atoms with E-state index in [1.807, 2.05) is 6.07 Å². The Kier molecular flexibility index (Phi) is 3.96. The molecule has 0 saturated heterocycles. The van der Waals surface area contributed by atoms with Gasteiger partial charge in [0, 0.05) is 16.5 Å². The molecule has 1 rings (SSSR count). The standard InChI is InChI=1S/C10H11BrO2/c11-9-5-3-6-10(13)8(9)4-1-2-7-12/h3,5-7,13H,1-2,4H2. The molecule has 1 aromatic rings. The second kappa shape index (κ2) is 5.02. The predicted octanol–water partition coefficient (Wildman–Crippen LogP) is 2.68. The molecule has 13 heavy (non-hydrogen) atoms. The molecule has 0 aliphatic heterocycles. The first-order valence-electron chi connectivity index (χ1n) is 4.15. The molecule has 0 aliphatic rings. The minimum atomic E-state index is 0.292. The summed E-state index contributed by atoms with van der Waals surface area (Å²) in [6.07, 6.45) is 2.94. The number of carbonyl (C=O) groups excluding carboxylic acids is 1. The monoisotopic (exact) mass is 242 g/mol. The number of hydrogen-bond acceptors (Lipinski definition) is 2. The minimum absolute atomic E-state index is 0.292. The summed E-state index contributed by atoms with van der Waals surface area (Å²) in [7, 11) is 0. The Labute approximate surface area is 85.7 Å².